The molecule has 2 atom stereocenters. The number of alkyl halides is 3. The van der Waals surface area contributed by atoms with Gasteiger partial charge in [-0.05, 0) is 66.8 Å². The third-order valence-electron chi connectivity index (χ3n) is 5.29. The Hall–Kier alpha value is -2.84. The topological polar surface area (TPSA) is 81.6 Å². The number of nitrogens with zero attached hydrogens (tertiary/aromatic N) is 1. The van der Waals surface area contributed by atoms with Crippen molar-refractivity contribution in [2.75, 3.05) is 6.54 Å². The standard InChI is InChI=1S/C23H24Cl2N2O.C2HF3O2/c1-16-18(12-13-26-16)6-11-23(28)27-15-20(19-4-9-22(25)10-5-19)14-17-2-7-21(24)8-3-17;3-2(4,5)1(6)7/h2-5,7-10,12-13,16,20H,6,11,14-15H2,1H3,(H,27,28);(H,6,7)/p-1/t16?,20-;/m0./s1. The lowest BCUT2D eigenvalue weighted by atomic mass is 9.92. The highest BCUT2D eigenvalue weighted by Gasteiger charge is 2.28. The number of nitrogens with one attached hydrogen (secondary N) is 1. The van der Waals surface area contributed by atoms with Gasteiger partial charge in [-0.1, -0.05) is 47.5 Å². The number of rotatable bonds is 8. The minimum atomic E-state index is -5.19. The highest BCUT2D eigenvalue weighted by molar-refractivity contribution is 6.30. The molecule has 0 radical (unpaired) electrons. The fourth-order valence-electron chi connectivity index (χ4n) is 3.33. The maximum Gasteiger partial charge on any atom is 0.430 e. The first-order chi connectivity index (χ1) is 16.5. The molecule has 0 fully saturated rings. The molecule has 0 saturated heterocycles. The predicted octanol–water partition coefficient (Wildman–Crippen LogP) is 4.91. The molecule has 0 spiro atoms. The molecule has 1 amide bonds. The molecule has 10 heteroatoms. The van der Waals surface area contributed by atoms with Crippen LogP contribution in [0, 0.1) is 0 Å². The van der Waals surface area contributed by atoms with Crippen molar-refractivity contribution in [2.24, 2.45) is 4.99 Å². The van der Waals surface area contributed by atoms with Crippen molar-refractivity contribution in [3.63, 3.8) is 0 Å². The highest BCUT2D eigenvalue weighted by atomic mass is 35.5. The van der Waals surface area contributed by atoms with Crippen LogP contribution in [0.1, 0.15) is 36.8 Å². The van der Waals surface area contributed by atoms with Gasteiger partial charge in [-0.2, -0.15) is 13.2 Å². The van der Waals surface area contributed by atoms with Gasteiger partial charge in [-0.25, -0.2) is 0 Å². The van der Waals surface area contributed by atoms with Crippen LogP contribution in [0.2, 0.25) is 10.0 Å². The molecule has 1 heterocycles. The average molecular weight is 528 g/mol. The molecule has 2 aromatic rings. The Morgan fingerprint density at radius 1 is 1.06 bits per heavy atom. The maximum atomic E-state index is 12.4. The van der Waals surface area contributed by atoms with E-state index in [1.54, 1.807) is 0 Å². The first-order valence-corrected chi connectivity index (χ1v) is 11.5. The quantitative estimate of drug-likeness (QED) is 0.529. The van der Waals surface area contributed by atoms with Gasteiger partial charge in [0.15, 0.2) is 0 Å². The Labute approximate surface area is 211 Å². The van der Waals surface area contributed by atoms with E-state index in [-0.39, 0.29) is 17.9 Å². The van der Waals surface area contributed by atoms with Crippen LogP contribution in [-0.2, 0) is 16.0 Å². The van der Waals surface area contributed by atoms with Crippen molar-refractivity contribution in [1.29, 1.82) is 0 Å². The lowest BCUT2D eigenvalue weighted by molar-refractivity contribution is -0.344. The Morgan fingerprint density at radius 3 is 2.09 bits per heavy atom. The largest absolute Gasteiger partial charge is 0.542 e. The number of hydrogen-bond acceptors (Lipinski definition) is 4. The monoisotopic (exact) mass is 527 g/mol. The van der Waals surface area contributed by atoms with Gasteiger partial charge in [-0.3, -0.25) is 9.79 Å². The number of hydrogen-bond donors (Lipinski definition) is 1. The number of carboxylic acid groups (broad SMARTS) is 1. The molecule has 0 aromatic heterocycles. The molecule has 2 aromatic carbocycles. The van der Waals surface area contributed by atoms with Crippen LogP contribution in [0.3, 0.4) is 0 Å². The summed E-state index contributed by atoms with van der Waals surface area (Å²) < 4.78 is 31.5. The van der Waals surface area contributed by atoms with E-state index in [1.165, 1.54) is 11.1 Å². The fraction of sp³-hybridized carbons (Fsp3) is 0.320. The van der Waals surface area contributed by atoms with Gasteiger partial charge in [0.2, 0.25) is 5.91 Å². The molecule has 5 nitrogen and oxygen atoms in total. The first kappa shape index (κ1) is 28.4. The summed E-state index contributed by atoms with van der Waals surface area (Å²) in [7, 11) is 0. The Balaban J connectivity index is 0.000000540. The van der Waals surface area contributed by atoms with E-state index in [0.29, 0.717) is 18.0 Å². The minimum absolute atomic E-state index is 0.0649. The molecule has 188 valence electrons. The zero-order chi connectivity index (χ0) is 26.0. The summed E-state index contributed by atoms with van der Waals surface area (Å²) >= 11 is 12.0. The highest BCUT2D eigenvalue weighted by Crippen LogP contribution is 2.24. The maximum absolute atomic E-state index is 12.4. The Morgan fingerprint density at radius 2 is 1.60 bits per heavy atom. The normalized spacial score (nSPS) is 15.6. The summed E-state index contributed by atoms with van der Waals surface area (Å²) in [6.45, 7) is 2.63. The second-order valence-corrected chi connectivity index (χ2v) is 8.76. The van der Waals surface area contributed by atoms with Crippen LogP contribution >= 0.6 is 23.2 Å². The number of aliphatic carboxylic acids is 1. The van der Waals surface area contributed by atoms with Crippen molar-refractivity contribution in [3.8, 4) is 0 Å². The van der Waals surface area contributed by atoms with E-state index in [4.69, 9.17) is 33.1 Å². The van der Waals surface area contributed by atoms with Gasteiger partial charge < -0.3 is 15.2 Å². The number of amides is 1. The van der Waals surface area contributed by atoms with E-state index >= 15 is 0 Å². The predicted molar refractivity (Wildman–Crippen MR) is 129 cm³/mol. The van der Waals surface area contributed by atoms with Crippen molar-refractivity contribution >= 4 is 41.3 Å². The summed E-state index contributed by atoms with van der Waals surface area (Å²) in [4.78, 5) is 25.5. The lowest BCUT2D eigenvalue weighted by Crippen LogP contribution is -2.37. The van der Waals surface area contributed by atoms with Gasteiger partial charge in [0, 0.05) is 35.1 Å². The van der Waals surface area contributed by atoms with Gasteiger partial charge in [0.1, 0.15) is 5.97 Å². The van der Waals surface area contributed by atoms with E-state index in [0.717, 1.165) is 23.4 Å². The number of aliphatic imine (C=N–C) groups is 1. The molecule has 3 rings (SSSR count). The van der Waals surface area contributed by atoms with Crippen molar-refractivity contribution in [3.05, 3.63) is 81.4 Å². The fourth-order valence-corrected chi connectivity index (χ4v) is 3.58. The first-order valence-electron chi connectivity index (χ1n) is 10.7. The molecule has 0 bridgehead atoms. The summed E-state index contributed by atoms with van der Waals surface area (Å²) in [5, 5.41) is 13.3. The summed E-state index contributed by atoms with van der Waals surface area (Å²) in [6, 6.07) is 15.9. The number of carboxylic acids is 1. The molecular weight excluding hydrogens is 504 g/mol. The molecule has 1 aliphatic rings. The minimum Gasteiger partial charge on any atom is -0.542 e. The summed E-state index contributed by atoms with van der Waals surface area (Å²) in [5.41, 5.74) is 3.55. The smallest absolute Gasteiger partial charge is 0.430 e. The summed E-state index contributed by atoms with van der Waals surface area (Å²) in [6.07, 6.45) is 0.675. The molecule has 1 unspecified atom stereocenters. The number of allylic oxidation sites excluding steroid dienone is 1. The molecular formula is C25H24Cl2F3N2O3-. The van der Waals surface area contributed by atoms with E-state index in [2.05, 4.69) is 17.2 Å². The van der Waals surface area contributed by atoms with E-state index in [9.17, 15) is 18.0 Å². The Kier molecular flexibility index (Phi) is 10.8. The van der Waals surface area contributed by atoms with Gasteiger partial charge >= 0.3 is 6.18 Å². The van der Waals surface area contributed by atoms with Crippen molar-refractivity contribution in [1.82, 2.24) is 5.32 Å². The number of carbonyl (C=O) groups is 2. The van der Waals surface area contributed by atoms with Crippen LogP contribution < -0.4 is 10.4 Å². The van der Waals surface area contributed by atoms with Gasteiger partial charge in [-0.15, -0.1) is 0 Å². The Bertz CT molecular complexity index is 1050. The molecule has 1 N–H and O–H groups in total. The summed E-state index contributed by atoms with van der Waals surface area (Å²) in [5.74, 6) is -2.78. The molecule has 0 saturated carbocycles. The molecule has 1 aliphatic heterocycles. The van der Waals surface area contributed by atoms with Crippen molar-refractivity contribution in [2.45, 2.75) is 44.3 Å². The van der Waals surface area contributed by atoms with Gasteiger partial charge in [0.05, 0.1) is 6.04 Å². The SMILES string of the molecule is CC1N=CC=C1CCC(=O)NC[C@H](Cc1ccc(Cl)cc1)c1ccc(Cl)cc1.O=C([O-])C(F)(F)F. The average Bonchev–Trinajstić information content (AvgIpc) is 3.21. The number of halogens is 5. The van der Waals surface area contributed by atoms with Crippen LogP contribution in [0.15, 0.2) is 65.2 Å². The lowest BCUT2D eigenvalue weighted by Gasteiger charge is -2.19. The second kappa shape index (κ2) is 13.3. The van der Waals surface area contributed by atoms with Crippen LogP contribution in [0.25, 0.3) is 0 Å². The van der Waals surface area contributed by atoms with Gasteiger partial charge in [0.25, 0.3) is 0 Å². The number of carbonyl (C=O) groups excluding carboxylic acids is 2. The van der Waals surface area contributed by atoms with E-state index < -0.39 is 12.1 Å². The third kappa shape index (κ3) is 10.1. The molecule has 35 heavy (non-hydrogen) atoms. The molecule has 0 aliphatic carbocycles. The zero-order valence-corrected chi connectivity index (χ0v) is 20.3. The van der Waals surface area contributed by atoms with Crippen LogP contribution in [-0.4, -0.2) is 36.9 Å². The van der Waals surface area contributed by atoms with Crippen molar-refractivity contribution < 1.29 is 27.9 Å². The van der Waals surface area contributed by atoms with Crippen LogP contribution in [0.5, 0.6) is 0 Å². The van der Waals surface area contributed by atoms with E-state index in [1.807, 2.05) is 60.8 Å². The second-order valence-electron chi connectivity index (χ2n) is 7.88. The number of benzene rings is 2. The zero-order valence-electron chi connectivity index (χ0n) is 18.8. The third-order valence-corrected chi connectivity index (χ3v) is 5.79. The van der Waals surface area contributed by atoms with Crippen LogP contribution in [0.4, 0.5) is 13.2 Å².